The van der Waals surface area contributed by atoms with E-state index in [1.165, 1.54) is 18.5 Å². The lowest BCUT2D eigenvalue weighted by Gasteiger charge is -2.23. The highest BCUT2D eigenvalue weighted by Gasteiger charge is 2.03. The van der Waals surface area contributed by atoms with Crippen molar-refractivity contribution >= 4 is 0 Å². The highest BCUT2D eigenvalue weighted by molar-refractivity contribution is 4.99. The van der Waals surface area contributed by atoms with E-state index in [9.17, 15) is 0 Å². The van der Waals surface area contributed by atoms with Crippen molar-refractivity contribution in [3.8, 4) is 0 Å². The van der Waals surface area contributed by atoms with E-state index >= 15 is 0 Å². The first-order valence-electron chi connectivity index (χ1n) is 5.82. The van der Waals surface area contributed by atoms with Gasteiger partial charge in [-0.15, -0.1) is 0 Å². The van der Waals surface area contributed by atoms with Crippen molar-refractivity contribution in [3.63, 3.8) is 0 Å². The highest BCUT2D eigenvalue weighted by Crippen LogP contribution is 2.06. The second-order valence-electron chi connectivity index (χ2n) is 3.86. The van der Waals surface area contributed by atoms with Crippen LogP contribution in [0.4, 0.5) is 0 Å². The highest BCUT2D eigenvalue weighted by atomic mass is 15.1. The molecule has 0 spiro atoms. The minimum absolute atomic E-state index is 0.625. The van der Waals surface area contributed by atoms with Gasteiger partial charge >= 0.3 is 0 Å². The quantitative estimate of drug-likeness (QED) is 0.676. The Bertz CT molecular complexity index is 156. The van der Waals surface area contributed by atoms with Gasteiger partial charge in [0.25, 0.3) is 0 Å². The minimum atomic E-state index is 0.625. The van der Waals surface area contributed by atoms with Crippen LogP contribution in [0.1, 0.15) is 47.0 Å². The third-order valence-electron chi connectivity index (χ3n) is 2.57. The molecule has 1 N–H and O–H groups in total. The lowest BCUT2D eigenvalue weighted by atomic mass is 10.2. The number of allylic oxidation sites excluding steroid dienone is 1. The molecular weight excluding hydrogens is 172 g/mol. The molecule has 84 valence electrons. The molecule has 0 bridgehead atoms. The maximum Gasteiger partial charge on any atom is 0.0268 e. The molecule has 0 saturated heterocycles. The molecule has 0 aromatic carbocycles. The molecule has 0 aliphatic carbocycles. The third-order valence-corrected chi connectivity index (χ3v) is 2.57. The van der Waals surface area contributed by atoms with Gasteiger partial charge in [-0.1, -0.05) is 20.3 Å². The molecule has 14 heavy (non-hydrogen) atoms. The molecule has 0 aliphatic heterocycles. The van der Waals surface area contributed by atoms with E-state index < -0.39 is 0 Å². The predicted molar refractivity (Wildman–Crippen MR) is 64.2 cm³/mol. The lowest BCUT2D eigenvalue weighted by molar-refractivity contribution is 0.338. The topological polar surface area (TPSA) is 15.3 Å². The Kier molecular flexibility index (Phi) is 7.35. The summed E-state index contributed by atoms with van der Waals surface area (Å²) in [6, 6.07) is 0.625. The van der Waals surface area contributed by atoms with Crippen LogP contribution in [0, 0.1) is 0 Å². The lowest BCUT2D eigenvalue weighted by Crippen LogP contribution is -2.25. The average Bonchev–Trinajstić information content (AvgIpc) is 2.17. The van der Waals surface area contributed by atoms with Gasteiger partial charge in [-0.25, -0.2) is 0 Å². The van der Waals surface area contributed by atoms with Gasteiger partial charge in [-0.2, -0.15) is 0 Å². The van der Waals surface area contributed by atoms with Crippen molar-refractivity contribution in [2.24, 2.45) is 0 Å². The molecule has 0 aromatic heterocycles. The van der Waals surface area contributed by atoms with Gasteiger partial charge in [0.1, 0.15) is 0 Å². The summed E-state index contributed by atoms with van der Waals surface area (Å²) in [5, 5.41) is 3.41. The Morgan fingerprint density at radius 3 is 2.43 bits per heavy atom. The summed E-state index contributed by atoms with van der Waals surface area (Å²) < 4.78 is 0. The molecule has 2 nitrogen and oxygen atoms in total. The number of nitrogens with one attached hydrogen (secondary N) is 1. The van der Waals surface area contributed by atoms with Crippen LogP contribution >= 0.6 is 0 Å². The summed E-state index contributed by atoms with van der Waals surface area (Å²) >= 11 is 0. The van der Waals surface area contributed by atoms with Crippen LogP contribution in [-0.4, -0.2) is 24.5 Å². The molecule has 1 unspecified atom stereocenters. The second-order valence-corrected chi connectivity index (χ2v) is 3.86. The SMILES string of the molecule is CCC/C(=C/N(C)C(C)CC)NCC. The summed E-state index contributed by atoms with van der Waals surface area (Å²) in [5.74, 6) is 0. The van der Waals surface area contributed by atoms with Gasteiger partial charge in [0.05, 0.1) is 0 Å². The zero-order chi connectivity index (χ0) is 11.0. The van der Waals surface area contributed by atoms with Crippen LogP contribution in [0.15, 0.2) is 11.9 Å². The van der Waals surface area contributed by atoms with E-state index in [0.717, 1.165) is 13.0 Å². The fourth-order valence-electron chi connectivity index (χ4n) is 1.36. The maximum absolute atomic E-state index is 3.41. The first-order valence-corrected chi connectivity index (χ1v) is 5.82. The Balaban J connectivity index is 4.22. The Hall–Kier alpha value is -0.660. The Morgan fingerprint density at radius 2 is 2.00 bits per heavy atom. The fourth-order valence-corrected chi connectivity index (χ4v) is 1.36. The van der Waals surface area contributed by atoms with E-state index in [2.05, 4.69) is 51.2 Å². The van der Waals surface area contributed by atoms with E-state index in [0.29, 0.717) is 6.04 Å². The van der Waals surface area contributed by atoms with E-state index in [-0.39, 0.29) is 0 Å². The fraction of sp³-hybridized carbons (Fsp3) is 0.833. The van der Waals surface area contributed by atoms with Gasteiger partial charge < -0.3 is 10.2 Å². The number of nitrogens with zero attached hydrogens (tertiary/aromatic N) is 1. The maximum atomic E-state index is 3.41. The van der Waals surface area contributed by atoms with Crippen LogP contribution in [0.25, 0.3) is 0 Å². The van der Waals surface area contributed by atoms with Crippen LogP contribution in [0.3, 0.4) is 0 Å². The average molecular weight is 198 g/mol. The summed E-state index contributed by atoms with van der Waals surface area (Å²) in [6.07, 6.45) is 5.79. The van der Waals surface area contributed by atoms with Crippen LogP contribution in [0.5, 0.6) is 0 Å². The molecule has 0 aromatic rings. The largest absolute Gasteiger partial charge is 0.387 e. The van der Waals surface area contributed by atoms with Crippen molar-refractivity contribution in [1.29, 1.82) is 0 Å². The van der Waals surface area contributed by atoms with Crippen LogP contribution < -0.4 is 5.32 Å². The summed E-state index contributed by atoms with van der Waals surface area (Å²) in [7, 11) is 2.15. The molecule has 0 heterocycles. The van der Waals surface area contributed by atoms with Crippen molar-refractivity contribution in [1.82, 2.24) is 10.2 Å². The van der Waals surface area contributed by atoms with Crippen molar-refractivity contribution in [3.05, 3.63) is 11.9 Å². The van der Waals surface area contributed by atoms with E-state index in [4.69, 9.17) is 0 Å². The number of hydrogen-bond donors (Lipinski definition) is 1. The van der Waals surface area contributed by atoms with Crippen LogP contribution in [0.2, 0.25) is 0 Å². The van der Waals surface area contributed by atoms with Gasteiger partial charge in [0, 0.05) is 31.5 Å². The van der Waals surface area contributed by atoms with E-state index in [1.807, 2.05) is 0 Å². The summed E-state index contributed by atoms with van der Waals surface area (Å²) in [5.41, 5.74) is 1.36. The summed E-state index contributed by atoms with van der Waals surface area (Å²) in [6.45, 7) is 9.86. The van der Waals surface area contributed by atoms with E-state index in [1.54, 1.807) is 0 Å². The van der Waals surface area contributed by atoms with Gasteiger partial charge in [-0.3, -0.25) is 0 Å². The zero-order valence-corrected chi connectivity index (χ0v) is 10.4. The van der Waals surface area contributed by atoms with Gasteiger partial charge in [0.2, 0.25) is 0 Å². The summed E-state index contributed by atoms with van der Waals surface area (Å²) in [4.78, 5) is 2.30. The van der Waals surface area contributed by atoms with Crippen molar-refractivity contribution in [2.75, 3.05) is 13.6 Å². The number of rotatable bonds is 7. The molecule has 1 atom stereocenters. The normalized spacial score (nSPS) is 13.9. The molecule has 0 amide bonds. The third kappa shape index (κ3) is 5.15. The molecule has 0 fully saturated rings. The molecule has 2 heteroatoms. The standard InChI is InChI=1S/C12H26N2/c1-6-9-12(13-8-3)10-14(5)11(4)7-2/h10-11,13H,6-9H2,1-5H3/b12-10-. The predicted octanol–water partition coefficient (Wildman–Crippen LogP) is 2.97. The smallest absolute Gasteiger partial charge is 0.0268 e. The molecule has 0 radical (unpaired) electrons. The van der Waals surface area contributed by atoms with Crippen molar-refractivity contribution in [2.45, 2.75) is 53.0 Å². The van der Waals surface area contributed by atoms with Gasteiger partial charge in [0.15, 0.2) is 0 Å². The number of hydrogen-bond acceptors (Lipinski definition) is 2. The molecule has 0 rings (SSSR count). The first-order chi connectivity index (χ1) is 6.65. The van der Waals surface area contributed by atoms with Gasteiger partial charge in [-0.05, 0) is 26.7 Å². The molecule has 0 saturated carbocycles. The monoisotopic (exact) mass is 198 g/mol. The Morgan fingerprint density at radius 1 is 1.36 bits per heavy atom. The first kappa shape index (κ1) is 13.3. The van der Waals surface area contributed by atoms with Crippen molar-refractivity contribution < 1.29 is 0 Å². The second kappa shape index (κ2) is 7.72. The minimum Gasteiger partial charge on any atom is -0.387 e. The molecular formula is C12H26N2. The Labute approximate surface area is 89.4 Å². The molecule has 0 aliphatic rings. The van der Waals surface area contributed by atoms with Crippen LogP contribution in [-0.2, 0) is 0 Å². The zero-order valence-electron chi connectivity index (χ0n) is 10.4.